The van der Waals surface area contributed by atoms with Gasteiger partial charge in [-0.1, -0.05) is 39.8 Å². The Balaban J connectivity index is 2.75. The lowest BCUT2D eigenvalue weighted by Gasteiger charge is -2.26. The van der Waals surface area contributed by atoms with Gasteiger partial charge in [0, 0.05) is 6.04 Å². The number of benzene rings is 1. The second-order valence-corrected chi connectivity index (χ2v) is 6.83. The van der Waals surface area contributed by atoms with Gasteiger partial charge in [-0.05, 0) is 48.3 Å². The van der Waals surface area contributed by atoms with E-state index in [9.17, 15) is 4.39 Å². The molecule has 0 radical (unpaired) electrons. The molecule has 19 heavy (non-hydrogen) atoms. The van der Waals surface area contributed by atoms with Crippen molar-refractivity contribution in [2.24, 2.45) is 17.2 Å². The number of aryl methyl sites for hydroxylation is 1. The van der Waals surface area contributed by atoms with Crippen LogP contribution in [0.1, 0.15) is 57.7 Å². The van der Waals surface area contributed by atoms with Gasteiger partial charge in [0.15, 0.2) is 0 Å². The highest BCUT2D eigenvalue weighted by Gasteiger charge is 2.20. The third-order valence-electron chi connectivity index (χ3n) is 3.38. The Hall–Kier alpha value is -0.930. The second kappa shape index (κ2) is 6.49. The Morgan fingerprint density at radius 3 is 2.42 bits per heavy atom. The highest BCUT2D eigenvalue weighted by molar-refractivity contribution is 5.26. The standard InChI is InChI=1S/C16H27FN2/c1-11(10-16(3,4)5)8-15(19-18)13-6-7-14(17)12(2)9-13/h6-7,9,11,15,19H,8,10,18H2,1-5H3. The quantitative estimate of drug-likeness (QED) is 0.622. The van der Waals surface area contributed by atoms with E-state index in [1.807, 2.05) is 12.1 Å². The molecule has 0 aliphatic rings. The lowest BCUT2D eigenvalue weighted by Crippen LogP contribution is -2.30. The van der Waals surface area contributed by atoms with Crippen LogP contribution in [0.4, 0.5) is 4.39 Å². The number of hydrazine groups is 1. The predicted octanol–water partition coefficient (Wildman–Crippen LogP) is 4.10. The molecule has 0 saturated carbocycles. The summed E-state index contributed by atoms with van der Waals surface area (Å²) < 4.78 is 13.3. The topological polar surface area (TPSA) is 38.0 Å². The van der Waals surface area contributed by atoms with Gasteiger partial charge in [-0.25, -0.2) is 4.39 Å². The van der Waals surface area contributed by atoms with Crippen molar-refractivity contribution in [1.82, 2.24) is 5.43 Å². The van der Waals surface area contributed by atoms with E-state index in [1.165, 1.54) is 6.07 Å². The van der Waals surface area contributed by atoms with Gasteiger partial charge < -0.3 is 0 Å². The minimum absolute atomic E-state index is 0.0802. The lowest BCUT2D eigenvalue weighted by atomic mass is 9.82. The maximum atomic E-state index is 13.3. The third-order valence-corrected chi connectivity index (χ3v) is 3.38. The minimum atomic E-state index is -0.165. The van der Waals surface area contributed by atoms with Crippen molar-refractivity contribution in [3.8, 4) is 0 Å². The lowest BCUT2D eigenvalue weighted by molar-refractivity contribution is 0.276. The first-order valence-corrected chi connectivity index (χ1v) is 6.95. The number of hydrogen-bond donors (Lipinski definition) is 2. The fourth-order valence-corrected chi connectivity index (χ4v) is 2.72. The fraction of sp³-hybridized carbons (Fsp3) is 0.625. The second-order valence-electron chi connectivity index (χ2n) is 6.83. The zero-order valence-electron chi connectivity index (χ0n) is 12.8. The minimum Gasteiger partial charge on any atom is -0.271 e. The van der Waals surface area contributed by atoms with Gasteiger partial charge in [0.25, 0.3) is 0 Å². The zero-order chi connectivity index (χ0) is 14.6. The smallest absolute Gasteiger partial charge is 0.126 e. The molecule has 2 nitrogen and oxygen atoms in total. The summed E-state index contributed by atoms with van der Waals surface area (Å²) in [6.07, 6.45) is 2.10. The Labute approximate surface area is 116 Å². The highest BCUT2D eigenvalue weighted by Crippen LogP contribution is 2.30. The maximum Gasteiger partial charge on any atom is 0.126 e. The van der Waals surface area contributed by atoms with Gasteiger partial charge in [-0.3, -0.25) is 11.3 Å². The van der Waals surface area contributed by atoms with Crippen molar-refractivity contribution in [1.29, 1.82) is 0 Å². The van der Waals surface area contributed by atoms with Crippen LogP contribution in [0, 0.1) is 24.1 Å². The van der Waals surface area contributed by atoms with E-state index < -0.39 is 0 Å². The summed E-state index contributed by atoms with van der Waals surface area (Å²) >= 11 is 0. The molecular formula is C16H27FN2. The SMILES string of the molecule is Cc1cc(C(CC(C)CC(C)(C)C)NN)ccc1F. The molecule has 0 aliphatic heterocycles. The number of nitrogens with two attached hydrogens (primary N) is 1. The van der Waals surface area contributed by atoms with E-state index in [0.29, 0.717) is 16.9 Å². The van der Waals surface area contributed by atoms with Gasteiger partial charge in [0.2, 0.25) is 0 Å². The largest absolute Gasteiger partial charge is 0.271 e. The van der Waals surface area contributed by atoms with Crippen molar-refractivity contribution < 1.29 is 4.39 Å². The molecule has 1 aromatic rings. The van der Waals surface area contributed by atoms with Crippen LogP contribution in [-0.2, 0) is 0 Å². The van der Waals surface area contributed by atoms with E-state index in [1.54, 1.807) is 6.92 Å². The summed E-state index contributed by atoms with van der Waals surface area (Å²) in [5.41, 5.74) is 4.90. The van der Waals surface area contributed by atoms with E-state index in [2.05, 4.69) is 33.1 Å². The third kappa shape index (κ3) is 5.29. The van der Waals surface area contributed by atoms with Gasteiger partial charge >= 0.3 is 0 Å². The summed E-state index contributed by atoms with van der Waals surface area (Å²) in [6, 6.07) is 5.29. The Kier molecular flexibility index (Phi) is 5.50. The van der Waals surface area contributed by atoms with Crippen molar-refractivity contribution in [2.45, 2.75) is 53.5 Å². The van der Waals surface area contributed by atoms with Crippen molar-refractivity contribution in [3.05, 3.63) is 35.1 Å². The number of nitrogens with one attached hydrogen (secondary N) is 1. The van der Waals surface area contributed by atoms with Crippen LogP contribution in [0.5, 0.6) is 0 Å². The molecule has 0 heterocycles. The zero-order valence-corrected chi connectivity index (χ0v) is 12.8. The van der Waals surface area contributed by atoms with E-state index in [4.69, 9.17) is 5.84 Å². The Morgan fingerprint density at radius 2 is 1.95 bits per heavy atom. The molecule has 0 saturated heterocycles. The molecule has 1 rings (SSSR count). The molecule has 0 aliphatic carbocycles. The molecular weight excluding hydrogens is 239 g/mol. The van der Waals surface area contributed by atoms with Gasteiger partial charge in [0.05, 0.1) is 0 Å². The average Bonchev–Trinajstić information content (AvgIpc) is 2.27. The van der Waals surface area contributed by atoms with E-state index in [-0.39, 0.29) is 11.9 Å². The first kappa shape index (κ1) is 16.1. The first-order valence-electron chi connectivity index (χ1n) is 6.95. The van der Waals surface area contributed by atoms with Crippen LogP contribution in [0.25, 0.3) is 0 Å². The van der Waals surface area contributed by atoms with Crippen molar-refractivity contribution in [2.75, 3.05) is 0 Å². The summed E-state index contributed by atoms with van der Waals surface area (Å²) in [4.78, 5) is 0. The number of halogens is 1. The van der Waals surface area contributed by atoms with Crippen LogP contribution in [0.15, 0.2) is 18.2 Å². The van der Waals surface area contributed by atoms with E-state index >= 15 is 0 Å². The monoisotopic (exact) mass is 266 g/mol. The first-order chi connectivity index (χ1) is 8.73. The summed E-state index contributed by atoms with van der Waals surface area (Å²) in [5.74, 6) is 6.06. The molecule has 3 N–H and O–H groups in total. The predicted molar refractivity (Wildman–Crippen MR) is 79.1 cm³/mol. The van der Waals surface area contributed by atoms with Crippen molar-refractivity contribution >= 4 is 0 Å². The Morgan fingerprint density at radius 1 is 1.32 bits per heavy atom. The molecule has 2 unspecified atom stereocenters. The van der Waals surface area contributed by atoms with Gasteiger partial charge in [-0.15, -0.1) is 0 Å². The molecule has 1 aromatic carbocycles. The van der Waals surface area contributed by atoms with Gasteiger partial charge in [-0.2, -0.15) is 0 Å². The molecule has 0 fully saturated rings. The van der Waals surface area contributed by atoms with Gasteiger partial charge in [0.1, 0.15) is 5.82 Å². The molecule has 0 amide bonds. The normalized spacial score (nSPS) is 15.3. The van der Waals surface area contributed by atoms with Crippen LogP contribution in [0.3, 0.4) is 0 Å². The molecule has 3 heteroatoms. The number of hydrogen-bond acceptors (Lipinski definition) is 2. The van der Waals surface area contributed by atoms with Crippen molar-refractivity contribution in [3.63, 3.8) is 0 Å². The molecule has 0 bridgehead atoms. The molecule has 108 valence electrons. The van der Waals surface area contributed by atoms with Crippen LogP contribution in [0.2, 0.25) is 0 Å². The fourth-order valence-electron chi connectivity index (χ4n) is 2.72. The van der Waals surface area contributed by atoms with Crippen LogP contribution >= 0.6 is 0 Å². The van der Waals surface area contributed by atoms with Crippen LogP contribution < -0.4 is 11.3 Å². The highest BCUT2D eigenvalue weighted by atomic mass is 19.1. The summed E-state index contributed by atoms with van der Waals surface area (Å²) in [7, 11) is 0. The average molecular weight is 266 g/mol. The maximum absolute atomic E-state index is 13.3. The molecule has 0 spiro atoms. The molecule has 2 atom stereocenters. The summed E-state index contributed by atoms with van der Waals surface area (Å²) in [5, 5.41) is 0. The van der Waals surface area contributed by atoms with E-state index in [0.717, 1.165) is 18.4 Å². The Bertz CT molecular complexity index is 410. The summed E-state index contributed by atoms with van der Waals surface area (Å²) in [6.45, 7) is 10.8. The molecule has 0 aromatic heterocycles. The number of rotatable bonds is 5. The van der Waals surface area contributed by atoms with Crippen LogP contribution in [-0.4, -0.2) is 0 Å².